The maximum absolute atomic E-state index is 11.3. The summed E-state index contributed by atoms with van der Waals surface area (Å²) in [7, 11) is 0. The molecule has 2 unspecified atom stereocenters. The summed E-state index contributed by atoms with van der Waals surface area (Å²) in [5.74, 6) is 0.935. The van der Waals surface area contributed by atoms with Crippen LogP contribution in [0.4, 0.5) is 0 Å². The molecule has 0 amide bonds. The minimum absolute atomic E-state index is 0.226. The first-order valence-electron chi connectivity index (χ1n) is 7.88. The third-order valence-corrected chi connectivity index (χ3v) is 6.03. The van der Waals surface area contributed by atoms with Gasteiger partial charge in [-0.15, -0.1) is 0 Å². The zero-order valence-corrected chi connectivity index (χ0v) is 13.0. The highest BCUT2D eigenvalue weighted by molar-refractivity contribution is 5.16. The minimum atomic E-state index is -0.766. The van der Waals surface area contributed by atoms with Gasteiger partial charge in [0.15, 0.2) is 0 Å². The van der Waals surface area contributed by atoms with Crippen molar-refractivity contribution in [3.05, 3.63) is 0 Å². The monoisotopic (exact) mass is 263 g/mol. The van der Waals surface area contributed by atoms with Crippen LogP contribution in [0.25, 0.3) is 0 Å². The van der Waals surface area contributed by atoms with Gasteiger partial charge < -0.3 is 5.11 Å². The van der Waals surface area contributed by atoms with Gasteiger partial charge in [0.25, 0.3) is 0 Å². The number of nitrogens with zero attached hydrogens (tertiary/aromatic N) is 1. The van der Waals surface area contributed by atoms with Crippen molar-refractivity contribution in [3.63, 3.8) is 0 Å². The molecule has 2 aliphatic carbocycles. The molecule has 0 radical (unpaired) electrons. The fraction of sp³-hybridized carbons (Fsp3) is 0.941. The molecule has 2 rings (SSSR count). The molecule has 2 heteroatoms. The van der Waals surface area contributed by atoms with Gasteiger partial charge in [0, 0.05) is 0 Å². The van der Waals surface area contributed by atoms with Crippen LogP contribution in [0.2, 0.25) is 0 Å². The van der Waals surface area contributed by atoms with Crippen LogP contribution in [-0.2, 0) is 0 Å². The van der Waals surface area contributed by atoms with Crippen LogP contribution in [0.5, 0.6) is 0 Å². The van der Waals surface area contributed by atoms with E-state index in [2.05, 4.69) is 33.8 Å². The van der Waals surface area contributed by atoms with Crippen LogP contribution in [0.1, 0.15) is 72.6 Å². The molecule has 19 heavy (non-hydrogen) atoms. The predicted molar refractivity (Wildman–Crippen MR) is 77.4 cm³/mol. The van der Waals surface area contributed by atoms with E-state index in [9.17, 15) is 10.4 Å². The molecule has 2 saturated carbocycles. The van der Waals surface area contributed by atoms with Crippen molar-refractivity contribution >= 4 is 0 Å². The van der Waals surface area contributed by atoms with Crippen molar-refractivity contribution in [2.45, 2.75) is 78.2 Å². The first-order chi connectivity index (χ1) is 8.75. The van der Waals surface area contributed by atoms with Crippen molar-refractivity contribution < 1.29 is 5.11 Å². The van der Waals surface area contributed by atoms with Crippen LogP contribution in [0.3, 0.4) is 0 Å². The lowest BCUT2D eigenvalue weighted by molar-refractivity contribution is -0.152. The highest BCUT2D eigenvalue weighted by Crippen LogP contribution is 2.56. The minimum Gasteiger partial charge on any atom is -0.388 e. The van der Waals surface area contributed by atoms with Crippen molar-refractivity contribution in [1.29, 1.82) is 5.26 Å². The summed E-state index contributed by atoms with van der Waals surface area (Å²) < 4.78 is 0. The fourth-order valence-corrected chi connectivity index (χ4v) is 4.48. The summed E-state index contributed by atoms with van der Waals surface area (Å²) >= 11 is 0. The SMILES string of the molecule is CC1CCC(C#N)(C2(O)CCC(C)(C)CC2C)CC1. The van der Waals surface area contributed by atoms with E-state index in [4.69, 9.17) is 0 Å². The Labute approximate surface area is 118 Å². The average molecular weight is 263 g/mol. The van der Waals surface area contributed by atoms with Crippen molar-refractivity contribution in [1.82, 2.24) is 0 Å². The van der Waals surface area contributed by atoms with E-state index in [0.29, 0.717) is 11.3 Å². The van der Waals surface area contributed by atoms with Gasteiger partial charge in [-0.3, -0.25) is 0 Å². The number of aliphatic hydroxyl groups is 1. The Hall–Kier alpha value is -0.550. The van der Waals surface area contributed by atoms with Crippen LogP contribution in [-0.4, -0.2) is 10.7 Å². The molecule has 2 atom stereocenters. The maximum Gasteiger partial charge on any atom is 0.0863 e. The zero-order valence-electron chi connectivity index (χ0n) is 13.0. The Kier molecular flexibility index (Phi) is 3.73. The molecular weight excluding hydrogens is 234 g/mol. The zero-order chi connectivity index (χ0) is 14.3. The molecular formula is C17H29NO. The fourth-order valence-electron chi connectivity index (χ4n) is 4.48. The van der Waals surface area contributed by atoms with E-state index < -0.39 is 11.0 Å². The standard InChI is InChI=1S/C17H29NO/c1-13-5-7-16(12-18,8-6-13)17(19)10-9-15(3,4)11-14(17)2/h13-14,19H,5-11H2,1-4H3. The second kappa shape index (κ2) is 4.77. The smallest absolute Gasteiger partial charge is 0.0863 e. The quantitative estimate of drug-likeness (QED) is 0.767. The van der Waals surface area contributed by atoms with Crippen LogP contribution in [0, 0.1) is 34.0 Å². The Morgan fingerprint density at radius 1 is 1.05 bits per heavy atom. The first kappa shape index (κ1) is 14.9. The summed E-state index contributed by atoms with van der Waals surface area (Å²) in [4.78, 5) is 0. The maximum atomic E-state index is 11.3. The van der Waals surface area contributed by atoms with E-state index in [1.165, 1.54) is 0 Å². The summed E-state index contributed by atoms with van der Waals surface area (Å²) in [6.45, 7) is 8.98. The van der Waals surface area contributed by atoms with Gasteiger partial charge in [0.05, 0.1) is 17.1 Å². The van der Waals surface area contributed by atoms with Crippen molar-refractivity contribution in [3.8, 4) is 6.07 Å². The molecule has 0 saturated heterocycles. The average Bonchev–Trinajstić information content (AvgIpc) is 2.35. The van der Waals surface area contributed by atoms with Crippen LogP contribution < -0.4 is 0 Å². The molecule has 2 nitrogen and oxygen atoms in total. The number of hydrogen-bond acceptors (Lipinski definition) is 2. The lowest BCUT2D eigenvalue weighted by atomic mass is 9.52. The van der Waals surface area contributed by atoms with Gasteiger partial charge in [0.1, 0.15) is 0 Å². The highest BCUT2D eigenvalue weighted by Gasteiger charge is 2.57. The summed E-state index contributed by atoms with van der Waals surface area (Å²) in [5.41, 5.74) is -0.947. The molecule has 0 aromatic rings. The second-order valence-electron chi connectivity index (χ2n) is 8.07. The van der Waals surface area contributed by atoms with E-state index in [1.807, 2.05) is 0 Å². The number of rotatable bonds is 1. The highest BCUT2D eigenvalue weighted by atomic mass is 16.3. The number of nitriles is 1. The third-order valence-electron chi connectivity index (χ3n) is 6.03. The van der Waals surface area contributed by atoms with Gasteiger partial charge >= 0.3 is 0 Å². The molecule has 0 aromatic carbocycles. The summed E-state index contributed by atoms with van der Waals surface area (Å²) in [6.07, 6.45) is 6.80. The topological polar surface area (TPSA) is 44.0 Å². The van der Waals surface area contributed by atoms with Crippen LogP contribution >= 0.6 is 0 Å². The molecule has 0 bridgehead atoms. The van der Waals surface area contributed by atoms with E-state index in [0.717, 1.165) is 44.9 Å². The normalized spacial score (nSPS) is 46.5. The van der Waals surface area contributed by atoms with Gasteiger partial charge in [0.2, 0.25) is 0 Å². The van der Waals surface area contributed by atoms with Crippen molar-refractivity contribution in [2.24, 2.45) is 22.7 Å². The lowest BCUT2D eigenvalue weighted by Crippen LogP contribution is -2.57. The second-order valence-corrected chi connectivity index (χ2v) is 8.07. The molecule has 1 N–H and O–H groups in total. The largest absolute Gasteiger partial charge is 0.388 e. The molecule has 2 fully saturated rings. The van der Waals surface area contributed by atoms with Gasteiger partial charge in [-0.05, 0) is 62.2 Å². The van der Waals surface area contributed by atoms with Crippen LogP contribution in [0.15, 0.2) is 0 Å². The van der Waals surface area contributed by atoms with E-state index >= 15 is 0 Å². The van der Waals surface area contributed by atoms with Gasteiger partial charge in [-0.25, -0.2) is 0 Å². The summed E-state index contributed by atoms with van der Waals surface area (Å²) in [6, 6.07) is 2.56. The van der Waals surface area contributed by atoms with E-state index in [-0.39, 0.29) is 5.92 Å². The molecule has 0 aliphatic heterocycles. The molecule has 2 aliphatic rings. The molecule has 108 valence electrons. The van der Waals surface area contributed by atoms with Crippen molar-refractivity contribution in [2.75, 3.05) is 0 Å². The van der Waals surface area contributed by atoms with E-state index in [1.54, 1.807) is 0 Å². The predicted octanol–water partition coefficient (Wildman–Crippen LogP) is 4.28. The third kappa shape index (κ3) is 2.42. The molecule has 0 aromatic heterocycles. The Balaban J connectivity index is 2.25. The Morgan fingerprint density at radius 3 is 2.11 bits per heavy atom. The molecule has 0 heterocycles. The number of hydrogen-bond donors (Lipinski definition) is 1. The Bertz CT molecular complexity index is 373. The first-order valence-corrected chi connectivity index (χ1v) is 7.88. The van der Waals surface area contributed by atoms with Gasteiger partial charge in [-0.2, -0.15) is 5.26 Å². The summed E-state index contributed by atoms with van der Waals surface area (Å²) in [5, 5.41) is 21.1. The van der Waals surface area contributed by atoms with Gasteiger partial charge in [-0.1, -0.05) is 27.7 Å². The lowest BCUT2D eigenvalue weighted by Gasteiger charge is -2.54. The molecule has 0 spiro atoms. The Morgan fingerprint density at radius 2 is 1.63 bits per heavy atom.